The molecule has 0 aliphatic carbocycles. The van der Waals surface area contributed by atoms with Crippen LogP contribution in [0, 0.1) is 0 Å². The number of hydrogen-bond donors (Lipinski definition) is 18. The van der Waals surface area contributed by atoms with E-state index in [1.165, 1.54) is 13.0 Å². The normalized spacial score (nSPS) is 52.1. The van der Waals surface area contributed by atoms with Crippen LogP contribution in [0.15, 0.2) is 12.7 Å². The van der Waals surface area contributed by atoms with Gasteiger partial charge in [0.2, 0.25) is 0 Å². The highest BCUT2D eigenvalue weighted by molar-refractivity contribution is 5.00. The zero-order chi connectivity index (χ0) is 50.8. The van der Waals surface area contributed by atoms with Gasteiger partial charge in [-0.3, -0.25) is 0 Å². The highest BCUT2D eigenvalue weighted by Gasteiger charge is 2.57. The molecule has 30 heteroatoms. The first kappa shape index (κ1) is 56.8. The van der Waals surface area contributed by atoms with Gasteiger partial charge in [0.05, 0.1) is 51.8 Å². The number of rotatable bonds is 18. The molecule has 6 saturated heterocycles. The predicted octanol–water partition coefficient (Wildman–Crippen LogP) is -11.9. The van der Waals surface area contributed by atoms with E-state index in [-0.39, 0.29) is 6.61 Å². The first-order valence-electron chi connectivity index (χ1n) is 22.2. The Balaban J connectivity index is 1.17. The van der Waals surface area contributed by atoms with Crippen molar-refractivity contribution in [3.05, 3.63) is 12.7 Å². The second kappa shape index (κ2) is 24.7. The number of ether oxygens (including phenoxy) is 12. The molecule has 6 fully saturated rings. The van der Waals surface area contributed by atoms with E-state index >= 15 is 0 Å². The molecule has 0 radical (unpaired) electrons. The van der Waals surface area contributed by atoms with Crippen LogP contribution in [0.25, 0.3) is 0 Å². The van der Waals surface area contributed by atoms with Crippen molar-refractivity contribution in [2.45, 2.75) is 191 Å². The lowest BCUT2D eigenvalue weighted by Crippen LogP contribution is -2.69. The van der Waals surface area contributed by atoms with Crippen LogP contribution >= 0.6 is 0 Å². The average Bonchev–Trinajstić information content (AvgIpc) is 3.34. The molecule has 0 saturated carbocycles. The zero-order valence-corrected chi connectivity index (χ0v) is 36.9. The van der Waals surface area contributed by atoms with Crippen molar-refractivity contribution < 1.29 is 144 Å². The molecule has 0 aromatic carbocycles. The van der Waals surface area contributed by atoms with Crippen molar-refractivity contribution in [1.29, 1.82) is 0 Å². The van der Waals surface area contributed by atoms with Gasteiger partial charge in [-0.25, -0.2) is 0 Å². The van der Waals surface area contributed by atoms with E-state index in [1.54, 1.807) is 0 Å². The Hall–Kier alpha value is -1.46. The van der Waals surface area contributed by atoms with Gasteiger partial charge in [0, 0.05) is 0 Å². The van der Waals surface area contributed by atoms with E-state index in [0.29, 0.717) is 0 Å². The van der Waals surface area contributed by atoms with E-state index < -0.39 is 217 Å². The molecule has 0 spiro atoms. The van der Waals surface area contributed by atoms with Crippen LogP contribution in [0.3, 0.4) is 0 Å². The van der Waals surface area contributed by atoms with Crippen molar-refractivity contribution in [1.82, 2.24) is 0 Å². The number of aliphatic hydroxyl groups excluding tert-OH is 17. The topological polar surface area (TPSA) is 481 Å². The summed E-state index contributed by atoms with van der Waals surface area (Å²) in [5.41, 5.74) is 6.50. The van der Waals surface area contributed by atoms with E-state index in [4.69, 9.17) is 62.6 Å². The van der Waals surface area contributed by atoms with Gasteiger partial charge in [0.1, 0.15) is 134 Å². The minimum atomic E-state index is -2.15. The van der Waals surface area contributed by atoms with Gasteiger partial charge < -0.3 is 149 Å². The fourth-order valence-corrected chi connectivity index (χ4v) is 8.77. The minimum absolute atomic E-state index is 0.101. The van der Waals surface area contributed by atoms with Crippen molar-refractivity contribution in [2.24, 2.45) is 5.73 Å². The van der Waals surface area contributed by atoms with Gasteiger partial charge in [-0.15, -0.1) is 6.58 Å². The maximum atomic E-state index is 11.6. The van der Waals surface area contributed by atoms with E-state index in [9.17, 15) is 86.8 Å². The Morgan fingerprint density at radius 3 is 1.30 bits per heavy atom. The Morgan fingerprint density at radius 1 is 0.377 bits per heavy atom. The van der Waals surface area contributed by atoms with Crippen molar-refractivity contribution in [2.75, 3.05) is 39.6 Å². The Bertz CT molecular complexity index is 1580. The zero-order valence-electron chi connectivity index (χ0n) is 36.9. The van der Waals surface area contributed by atoms with Crippen LogP contribution in [0.4, 0.5) is 0 Å². The standard InChI is InChI=1S/C39H67NO29/c1-3-4-58-35-26(55)23(52)29(14(8-44)63-35)65-37-27(56)24(53)30(15(9-45)64-37)66-38-28(57)32(20(49)13(7-43)61-38)68-34-16(40)31(19(48)12(6-42)60-34)67-39-33(22(51)18(47)11(5-41)62-39)69-36-25(54)21(50)17(46)10(2)59-36/h3,10-39,41-57H,1,4-9,40H2,2H3/t10?,11?,12?,13?,14?,15?,16?,17-,18-,19-,20-,21+,22-,23+,24+,25?,26?,27?,28?,29-,30-,31+,32-,33?,34-,35+,36-,37-,38-,39-/m0/s1. The van der Waals surface area contributed by atoms with Gasteiger partial charge in [-0.1, -0.05) is 6.08 Å². The lowest BCUT2D eigenvalue weighted by Gasteiger charge is -2.50. The molecule has 30 atom stereocenters. The Labute approximate surface area is 392 Å². The van der Waals surface area contributed by atoms with Crippen LogP contribution < -0.4 is 5.73 Å². The molecule has 0 aromatic heterocycles. The summed E-state index contributed by atoms with van der Waals surface area (Å²) in [6.45, 7) is 0.102. The smallest absolute Gasteiger partial charge is 0.187 e. The highest BCUT2D eigenvalue weighted by atomic mass is 16.8. The fraction of sp³-hybridized carbons (Fsp3) is 0.949. The molecule has 12 unspecified atom stereocenters. The second-order valence-corrected chi connectivity index (χ2v) is 17.4. The fourth-order valence-electron chi connectivity index (χ4n) is 8.77. The molecular weight excluding hydrogens is 946 g/mol. The molecule has 6 aliphatic rings. The summed E-state index contributed by atoms with van der Waals surface area (Å²) in [6.07, 6.45) is -50.5. The Morgan fingerprint density at radius 2 is 0.754 bits per heavy atom. The molecular formula is C39H67NO29. The molecule has 30 nitrogen and oxygen atoms in total. The van der Waals surface area contributed by atoms with E-state index in [0.717, 1.165) is 0 Å². The van der Waals surface area contributed by atoms with Crippen LogP contribution in [0.2, 0.25) is 0 Å². The van der Waals surface area contributed by atoms with Gasteiger partial charge in [0.15, 0.2) is 37.7 Å². The summed E-state index contributed by atoms with van der Waals surface area (Å²) < 4.78 is 68.0. The van der Waals surface area contributed by atoms with Gasteiger partial charge in [0.25, 0.3) is 0 Å². The summed E-state index contributed by atoms with van der Waals surface area (Å²) in [5, 5.41) is 182. The quantitative estimate of drug-likeness (QED) is 0.0567. The first-order chi connectivity index (χ1) is 32.8. The monoisotopic (exact) mass is 1010 g/mol. The summed E-state index contributed by atoms with van der Waals surface area (Å²) in [5.74, 6) is 0. The molecule has 6 aliphatic heterocycles. The summed E-state index contributed by atoms with van der Waals surface area (Å²) in [6, 6.07) is -1.73. The number of aliphatic hydroxyl groups is 17. The van der Waals surface area contributed by atoms with E-state index in [1.807, 2.05) is 0 Å². The number of hydrogen-bond acceptors (Lipinski definition) is 30. The molecule has 0 aromatic rings. The van der Waals surface area contributed by atoms with Gasteiger partial charge >= 0.3 is 0 Å². The third-order valence-corrected chi connectivity index (χ3v) is 12.8. The third-order valence-electron chi connectivity index (χ3n) is 12.8. The van der Waals surface area contributed by atoms with Crippen LogP contribution in [0.1, 0.15) is 6.92 Å². The lowest BCUT2D eigenvalue weighted by atomic mass is 9.94. The maximum absolute atomic E-state index is 11.6. The second-order valence-electron chi connectivity index (χ2n) is 17.4. The Kier molecular flexibility index (Phi) is 20.4. The highest BCUT2D eigenvalue weighted by Crippen LogP contribution is 2.37. The maximum Gasteiger partial charge on any atom is 0.187 e. The predicted molar refractivity (Wildman–Crippen MR) is 214 cm³/mol. The minimum Gasteiger partial charge on any atom is -0.394 e. The van der Waals surface area contributed by atoms with Gasteiger partial charge in [-0.05, 0) is 6.92 Å². The molecule has 6 heterocycles. The summed E-state index contributed by atoms with van der Waals surface area (Å²) in [4.78, 5) is 0. The lowest BCUT2D eigenvalue weighted by molar-refractivity contribution is -0.392. The van der Waals surface area contributed by atoms with Crippen molar-refractivity contribution in [3.8, 4) is 0 Å². The molecule has 0 bridgehead atoms. The third kappa shape index (κ3) is 11.9. The van der Waals surface area contributed by atoms with Crippen LogP contribution in [-0.2, 0) is 56.8 Å². The number of nitrogens with two attached hydrogens (primary N) is 1. The molecule has 6 rings (SSSR count). The molecule has 402 valence electrons. The molecule has 19 N–H and O–H groups in total. The first-order valence-corrected chi connectivity index (χ1v) is 22.2. The van der Waals surface area contributed by atoms with Crippen molar-refractivity contribution in [3.63, 3.8) is 0 Å². The van der Waals surface area contributed by atoms with E-state index in [2.05, 4.69) is 6.58 Å². The average molecular weight is 1010 g/mol. The largest absolute Gasteiger partial charge is 0.394 e. The molecule has 0 amide bonds. The van der Waals surface area contributed by atoms with Crippen molar-refractivity contribution >= 4 is 0 Å². The van der Waals surface area contributed by atoms with Crippen LogP contribution in [0.5, 0.6) is 0 Å². The van der Waals surface area contributed by atoms with Gasteiger partial charge in [-0.2, -0.15) is 0 Å². The SMILES string of the molecule is C=CCO[C@@H]1OC(CO)[C@H](O[C@@H]2OC(CO)[C@H](O[C@@H]3OC(CO)[C@H](O)[C@H](O[C@@H]4OC(CO)[C@H](O)[C@H](O[C@@H]5OC(CO)[C@H](O)[C@H](O)C5O[C@@H]5OC(C)[C@H](O)[C@@H](O)C5O)C4N)C3O)[C@H](O)C2O)[C@H](O)C1O. The molecule has 69 heavy (non-hydrogen) atoms. The van der Waals surface area contributed by atoms with Crippen LogP contribution in [-0.4, -0.2) is 311 Å². The summed E-state index contributed by atoms with van der Waals surface area (Å²) in [7, 11) is 0. The summed E-state index contributed by atoms with van der Waals surface area (Å²) >= 11 is 0.